The molecule has 0 aliphatic heterocycles. The van der Waals surface area contributed by atoms with Crippen LogP contribution in [0.1, 0.15) is 83.5 Å². The minimum absolute atomic E-state index is 0.111. The summed E-state index contributed by atoms with van der Waals surface area (Å²) in [7, 11) is 0. The van der Waals surface area contributed by atoms with Gasteiger partial charge in [0.25, 0.3) is 0 Å². The Morgan fingerprint density at radius 3 is 2.10 bits per heavy atom. The van der Waals surface area contributed by atoms with E-state index in [2.05, 4.69) is 11.4 Å². The minimum atomic E-state index is -0.571. The highest BCUT2D eigenvalue weighted by Gasteiger charge is 2.32. The van der Waals surface area contributed by atoms with Gasteiger partial charge in [-0.2, -0.15) is 5.26 Å². The van der Waals surface area contributed by atoms with Gasteiger partial charge < -0.3 is 5.32 Å². The average Bonchev–Trinajstić information content (AvgIpc) is 2.82. The zero-order valence-electron chi connectivity index (χ0n) is 12.6. The Balaban J connectivity index is 1.86. The van der Waals surface area contributed by atoms with E-state index in [0.717, 1.165) is 25.7 Å². The molecule has 0 aromatic heterocycles. The summed E-state index contributed by atoms with van der Waals surface area (Å²) >= 11 is 0. The maximum atomic E-state index is 12.3. The molecule has 2 rings (SSSR count). The largest absolute Gasteiger partial charge is 0.338 e. The second kappa shape index (κ2) is 7.67. The van der Waals surface area contributed by atoms with E-state index in [1.54, 1.807) is 0 Å². The van der Waals surface area contributed by atoms with Gasteiger partial charge in [0.2, 0.25) is 5.91 Å². The molecule has 0 radical (unpaired) electrons. The van der Waals surface area contributed by atoms with Gasteiger partial charge in [-0.15, -0.1) is 0 Å². The van der Waals surface area contributed by atoms with Crippen molar-refractivity contribution in [3.63, 3.8) is 0 Å². The van der Waals surface area contributed by atoms with Crippen molar-refractivity contribution in [2.75, 3.05) is 0 Å². The van der Waals surface area contributed by atoms with Crippen LogP contribution in [0.2, 0.25) is 0 Å². The van der Waals surface area contributed by atoms with Crippen LogP contribution in [0.5, 0.6) is 0 Å². The monoisotopic (exact) mass is 276 g/mol. The van der Waals surface area contributed by atoms with Crippen molar-refractivity contribution >= 4 is 5.91 Å². The van der Waals surface area contributed by atoms with E-state index < -0.39 is 5.54 Å². The second-order valence-electron chi connectivity index (χ2n) is 6.72. The molecule has 0 spiro atoms. The highest BCUT2D eigenvalue weighted by atomic mass is 16.1. The van der Waals surface area contributed by atoms with Gasteiger partial charge >= 0.3 is 0 Å². The smallest absolute Gasteiger partial charge is 0.221 e. The van der Waals surface area contributed by atoms with Gasteiger partial charge in [-0.25, -0.2) is 0 Å². The number of hydrogen-bond acceptors (Lipinski definition) is 2. The summed E-state index contributed by atoms with van der Waals surface area (Å²) in [5.41, 5.74) is -0.571. The van der Waals surface area contributed by atoms with Gasteiger partial charge in [0, 0.05) is 6.42 Å². The van der Waals surface area contributed by atoms with E-state index in [4.69, 9.17) is 0 Å². The standard InChI is InChI=1S/C17H28N2O/c18-14-17(11-7-3-4-8-12-17)19-16(20)13-15-9-5-1-2-6-10-15/h15H,1-13H2,(H,19,20). The van der Waals surface area contributed by atoms with Crippen LogP contribution in [0.15, 0.2) is 0 Å². The minimum Gasteiger partial charge on any atom is -0.338 e. The fraction of sp³-hybridized carbons (Fsp3) is 0.882. The molecule has 0 aromatic rings. The SMILES string of the molecule is N#CC1(NC(=O)CC2CCCCCC2)CCCCCC1. The van der Waals surface area contributed by atoms with Crippen molar-refractivity contribution in [3.8, 4) is 6.07 Å². The second-order valence-corrected chi connectivity index (χ2v) is 6.72. The average molecular weight is 276 g/mol. The highest BCUT2D eigenvalue weighted by molar-refractivity contribution is 5.77. The maximum Gasteiger partial charge on any atom is 0.221 e. The molecule has 3 heteroatoms. The summed E-state index contributed by atoms with van der Waals surface area (Å²) in [6.45, 7) is 0. The third-order valence-electron chi connectivity index (χ3n) is 5.00. The normalized spacial score (nSPS) is 24.1. The Hall–Kier alpha value is -1.04. The number of rotatable bonds is 3. The Morgan fingerprint density at radius 2 is 1.55 bits per heavy atom. The van der Waals surface area contributed by atoms with E-state index in [9.17, 15) is 10.1 Å². The van der Waals surface area contributed by atoms with Gasteiger partial charge in [0.05, 0.1) is 6.07 Å². The summed E-state index contributed by atoms with van der Waals surface area (Å²) < 4.78 is 0. The van der Waals surface area contributed by atoms with Gasteiger partial charge in [-0.3, -0.25) is 4.79 Å². The fourth-order valence-electron chi connectivity index (χ4n) is 3.74. The first-order valence-electron chi connectivity index (χ1n) is 8.46. The quantitative estimate of drug-likeness (QED) is 0.790. The van der Waals surface area contributed by atoms with Crippen molar-refractivity contribution < 1.29 is 4.79 Å². The number of nitrogens with zero attached hydrogens (tertiary/aromatic N) is 1. The lowest BCUT2D eigenvalue weighted by molar-refractivity contribution is -0.123. The van der Waals surface area contributed by atoms with Crippen LogP contribution in [-0.4, -0.2) is 11.4 Å². The lowest BCUT2D eigenvalue weighted by Gasteiger charge is -2.27. The molecule has 2 aliphatic rings. The molecule has 112 valence electrons. The summed E-state index contributed by atoms with van der Waals surface area (Å²) in [5.74, 6) is 0.652. The fourth-order valence-corrected chi connectivity index (χ4v) is 3.74. The highest BCUT2D eigenvalue weighted by Crippen LogP contribution is 2.28. The molecule has 1 amide bonds. The zero-order valence-corrected chi connectivity index (χ0v) is 12.6. The molecule has 0 unspecified atom stereocenters. The van der Waals surface area contributed by atoms with Crippen molar-refractivity contribution in [1.82, 2.24) is 5.32 Å². The molecule has 0 heterocycles. The predicted molar refractivity (Wildman–Crippen MR) is 80.0 cm³/mol. The van der Waals surface area contributed by atoms with Crippen LogP contribution in [0.25, 0.3) is 0 Å². The first-order valence-corrected chi connectivity index (χ1v) is 8.46. The third-order valence-corrected chi connectivity index (χ3v) is 5.00. The molecule has 0 atom stereocenters. The Bertz CT molecular complexity index is 342. The number of hydrogen-bond donors (Lipinski definition) is 1. The predicted octanol–water partition coefficient (Wildman–Crippen LogP) is 4.08. The number of nitrogens with one attached hydrogen (secondary N) is 1. The van der Waals surface area contributed by atoms with E-state index in [1.807, 2.05) is 0 Å². The van der Waals surface area contributed by atoms with E-state index in [0.29, 0.717) is 12.3 Å². The summed E-state index contributed by atoms with van der Waals surface area (Å²) in [5, 5.41) is 12.6. The number of carbonyl (C=O) groups is 1. The molecule has 3 nitrogen and oxygen atoms in total. The Morgan fingerprint density at radius 1 is 1.00 bits per heavy atom. The molecule has 20 heavy (non-hydrogen) atoms. The number of amides is 1. The summed E-state index contributed by atoms with van der Waals surface area (Å²) in [6.07, 6.45) is 14.4. The summed E-state index contributed by atoms with van der Waals surface area (Å²) in [4.78, 5) is 12.3. The first kappa shape index (κ1) is 15.4. The maximum absolute atomic E-state index is 12.3. The van der Waals surface area contributed by atoms with E-state index >= 15 is 0 Å². The molecular weight excluding hydrogens is 248 g/mol. The van der Waals surface area contributed by atoms with Gasteiger partial charge in [0.1, 0.15) is 5.54 Å². The van der Waals surface area contributed by atoms with Crippen LogP contribution >= 0.6 is 0 Å². The van der Waals surface area contributed by atoms with Crippen LogP contribution in [0, 0.1) is 17.2 Å². The van der Waals surface area contributed by atoms with Crippen LogP contribution < -0.4 is 5.32 Å². The molecular formula is C17H28N2O. The van der Waals surface area contributed by atoms with Crippen LogP contribution in [0.3, 0.4) is 0 Å². The van der Waals surface area contributed by atoms with E-state index in [1.165, 1.54) is 51.4 Å². The van der Waals surface area contributed by atoms with Crippen LogP contribution in [0.4, 0.5) is 0 Å². The van der Waals surface area contributed by atoms with Gasteiger partial charge in [0.15, 0.2) is 0 Å². The van der Waals surface area contributed by atoms with Gasteiger partial charge in [-0.1, -0.05) is 51.4 Å². The zero-order chi connectivity index (χ0) is 14.3. The lowest BCUT2D eigenvalue weighted by Crippen LogP contribution is -2.47. The van der Waals surface area contributed by atoms with Gasteiger partial charge in [-0.05, 0) is 31.6 Å². The van der Waals surface area contributed by atoms with E-state index in [-0.39, 0.29) is 5.91 Å². The molecule has 0 aromatic carbocycles. The van der Waals surface area contributed by atoms with Crippen molar-refractivity contribution in [3.05, 3.63) is 0 Å². The molecule has 0 bridgehead atoms. The molecule has 1 N–H and O–H groups in total. The Labute approximate surface area is 123 Å². The molecule has 2 fully saturated rings. The number of nitriles is 1. The third kappa shape index (κ3) is 4.51. The van der Waals surface area contributed by atoms with Crippen LogP contribution in [-0.2, 0) is 4.79 Å². The van der Waals surface area contributed by atoms with Crippen molar-refractivity contribution in [2.45, 2.75) is 89.0 Å². The van der Waals surface area contributed by atoms with Crippen molar-refractivity contribution in [2.24, 2.45) is 5.92 Å². The first-order chi connectivity index (χ1) is 9.74. The lowest BCUT2D eigenvalue weighted by atomic mass is 9.90. The van der Waals surface area contributed by atoms with Crippen molar-refractivity contribution in [1.29, 1.82) is 5.26 Å². The molecule has 2 aliphatic carbocycles. The topological polar surface area (TPSA) is 52.9 Å². The number of carbonyl (C=O) groups excluding carboxylic acids is 1. The molecule has 0 saturated heterocycles. The molecule has 2 saturated carbocycles. The summed E-state index contributed by atoms with van der Waals surface area (Å²) in [6, 6.07) is 2.41. The Kier molecular flexibility index (Phi) is 5.88.